The van der Waals surface area contributed by atoms with Gasteiger partial charge in [0.1, 0.15) is 17.0 Å². The lowest BCUT2D eigenvalue weighted by Gasteiger charge is -2.24. The summed E-state index contributed by atoms with van der Waals surface area (Å²) >= 11 is 0. The molecular formula is C15H23N7O2S. The van der Waals surface area contributed by atoms with Gasteiger partial charge in [-0.1, -0.05) is 0 Å². The van der Waals surface area contributed by atoms with Crippen LogP contribution in [0.4, 0.5) is 5.95 Å². The first-order valence-corrected chi connectivity index (χ1v) is 10.2. The zero-order valence-corrected chi connectivity index (χ0v) is 15.3. The molecule has 0 bridgehead atoms. The first-order valence-electron chi connectivity index (χ1n) is 8.29. The number of hydrogen-bond acceptors (Lipinski definition) is 8. The van der Waals surface area contributed by atoms with Crippen LogP contribution < -0.4 is 10.6 Å². The Morgan fingerprint density at radius 3 is 2.92 bits per heavy atom. The van der Waals surface area contributed by atoms with Crippen LogP contribution in [0.2, 0.25) is 0 Å². The Morgan fingerprint density at radius 1 is 1.44 bits per heavy atom. The van der Waals surface area contributed by atoms with Gasteiger partial charge in [-0.15, -0.1) is 10.2 Å². The first kappa shape index (κ1) is 17.7. The van der Waals surface area contributed by atoms with Gasteiger partial charge < -0.3 is 15.2 Å². The van der Waals surface area contributed by atoms with Gasteiger partial charge in [0.2, 0.25) is 5.95 Å². The fourth-order valence-electron chi connectivity index (χ4n) is 2.95. The van der Waals surface area contributed by atoms with E-state index in [4.69, 9.17) is 0 Å². The van der Waals surface area contributed by atoms with E-state index < -0.39 is 9.84 Å². The maximum atomic E-state index is 12.1. The Labute approximate surface area is 147 Å². The van der Waals surface area contributed by atoms with Gasteiger partial charge in [-0.2, -0.15) is 0 Å². The minimum Gasteiger partial charge on any atom is -0.354 e. The van der Waals surface area contributed by atoms with Crippen molar-refractivity contribution in [2.75, 3.05) is 31.2 Å². The lowest BCUT2D eigenvalue weighted by Crippen LogP contribution is -2.30. The molecule has 9 nitrogen and oxygen atoms in total. The van der Waals surface area contributed by atoms with Crippen molar-refractivity contribution < 1.29 is 8.42 Å². The third kappa shape index (κ3) is 4.31. The molecule has 1 aliphatic rings. The molecule has 3 heterocycles. The van der Waals surface area contributed by atoms with Gasteiger partial charge in [-0.3, -0.25) is 0 Å². The number of nitrogens with zero attached hydrogens (tertiary/aromatic N) is 5. The Kier molecular flexibility index (Phi) is 5.28. The number of sulfone groups is 1. The molecule has 2 aromatic rings. The third-order valence-electron chi connectivity index (χ3n) is 4.30. The monoisotopic (exact) mass is 365 g/mol. The van der Waals surface area contributed by atoms with Gasteiger partial charge in [-0.25, -0.2) is 18.4 Å². The molecular weight excluding hydrogens is 342 g/mol. The molecule has 1 fully saturated rings. The maximum Gasteiger partial charge on any atom is 0.222 e. The summed E-state index contributed by atoms with van der Waals surface area (Å²) in [7, 11) is -1.47. The smallest absolute Gasteiger partial charge is 0.222 e. The Hall–Kier alpha value is -2.07. The Bertz CT molecular complexity index is 828. The summed E-state index contributed by atoms with van der Waals surface area (Å²) in [6.07, 6.45) is 6.87. The van der Waals surface area contributed by atoms with Gasteiger partial charge in [0.15, 0.2) is 9.84 Å². The lowest BCUT2D eigenvalue weighted by molar-refractivity contribution is 0.448. The zero-order valence-electron chi connectivity index (χ0n) is 14.4. The van der Waals surface area contributed by atoms with E-state index in [1.54, 1.807) is 6.33 Å². The van der Waals surface area contributed by atoms with Crippen LogP contribution >= 0.6 is 0 Å². The number of nitrogens with one attached hydrogen (secondary N) is 2. The summed E-state index contributed by atoms with van der Waals surface area (Å²) in [5, 5.41) is 14.3. The van der Waals surface area contributed by atoms with E-state index in [1.807, 2.05) is 11.6 Å². The minimum atomic E-state index is -3.36. The second kappa shape index (κ2) is 7.44. The van der Waals surface area contributed by atoms with Crippen LogP contribution in [0.1, 0.15) is 30.3 Å². The van der Waals surface area contributed by atoms with Crippen molar-refractivity contribution in [3.05, 3.63) is 24.0 Å². The second-order valence-corrected chi connectivity index (χ2v) is 8.28. The second-order valence-electron chi connectivity index (χ2n) is 6.29. The van der Waals surface area contributed by atoms with Crippen LogP contribution in [0.25, 0.3) is 0 Å². The number of hydrogen-bond donors (Lipinski definition) is 2. The maximum absolute atomic E-state index is 12.1. The average Bonchev–Trinajstić information content (AvgIpc) is 3.00. The minimum absolute atomic E-state index is 0.0840. The van der Waals surface area contributed by atoms with Gasteiger partial charge in [0.25, 0.3) is 0 Å². The van der Waals surface area contributed by atoms with Gasteiger partial charge in [-0.05, 0) is 19.4 Å². The van der Waals surface area contributed by atoms with E-state index >= 15 is 0 Å². The molecule has 0 aromatic carbocycles. The molecule has 1 aliphatic heterocycles. The van der Waals surface area contributed by atoms with E-state index in [9.17, 15) is 8.42 Å². The molecule has 10 heteroatoms. The topological polar surface area (TPSA) is 115 Å². The third-order valence-corrected chi connectivity index (χ3v) is 5.42. The predicted octanol–water partition coefficient (Wildman–Crippen LogP) is 0.130. The van der Waals surface area contributed by atoms with E-state index in [0.717, 1.165) is 31.8 Å². The standard InChI is InChI=1S/C15H23N7O2S/c1-22-10-19-21-13(22)5-7-17-15-18-9-12(25(2,23)24)14(20-15)11-4-3-6-16-8-11/h9-11,16H,3-8H2,1-2H3,(H,17,18,20)/t11-/m0/s1. The Morgan fingerprint density at radius 2 is 2.28 bits per heavy atom. The summed E-state index contributed by atoms with van der Waals surface area (Å²) in [6.45, 7) is 2.28. The van der Waals surface area contributed by atoms with Crippen LogP contribution in [0.3, 0.4) is 0 Å². The molecule has 0 spiro atoms. The van der Waals surface area contributed by atoms with Crippen molar-refractivity contribution in [3.63, 3.8) is 0 Å². The SMILES string of the molecule is Cn1cnnc1CCNc1ncc(S(C)(=O)=O)c([C@H]2CCCNC2)n1. The summed E-state index contributed by atoms with van der Waals surface area (Å²) in [5.74, 6) is 1.38. The molecule has 0 amide bonds. The molecule has 0 saturated carbocycles. The molecule has 1 atom stereocenters. The summed E-state index contributed by atoms with van der Waals surface area (Å²) < 4.78 is 26.0. The number of aromatic nitrogens is 5. The van der Waals surface area contributed by atoms with Crippen LogP contribution in [0.15, 0.2) is 17.4 Å². The van der Waals surface area contributed by atoms with E-state index in [2.05, 4.69) is 30.8 Å². The molecule has 1 saturated heterocycles. The van der Waals surface area contributed by atoms with Crippen molar-refractivity contribution in [2.24, 2.45) is 7.05 Å². The highest BCUT2D eigenvalue weighted by molar-refractivity contribution is 7.90. The first-order chi connectivity index (χ1) is 11.9. The van der Waals surface area contributed by atoms with E-state index in [-0.39, 0.29) is 10.8 Å². The van der Waals surface area contributed by atoms with Crippen LogP contribution in [-0.4, -0.2) is 59.0 Å². The molecule has 136 valence electrons. The Balaban J connectivity index is 1.77. The summed E-state index contributed by atoms with van der Waals surface area (Å²) in [4.78, 5) is 8.92. The highest BCUT2D eigenvalue weighted by Crippen LogP contribution is 2.27. The van der Waals surface area contributed by atoms with E-state index in [1.165, 1.54) is 12.5 Å². The summed E-state index contributed by atoms with van der Waals surface area (Å²) in [6, 6.07) is 0. The van der Waals surface area contributed by atoms with Crippen molar-refractivity contribution in [3.8, 4) is 0 Å². The quantitative estimate of drug-likeness (QED) is 0.742. The average molecular weight is 365 g/mol. The fraction of sp³-hybridized carbons (Fsp3) is 0.600. The molecule has 2 aromatic heterocycles. The largest absolute Gasteiger partial charge is 0.354 e. The molecule has 0 radical (unpaired) electrons. The highest BCUT2D eigenvalue weighted by Gasteiger charge is 2.25. The molecule has 2 N–H and O–H groups in total. The normalized spacial score (nSPS) is 18.2. The van der Waals surface area contributed by atoms with Crippen LogP contribution in [0.5, 0.6) is 0 Å². The van der Waals surface area contributed by atoms with Gasteiger partial charge in [0.05, 0.1) is 11.9 Å². The van der Waals surface area contributed by atoms with Gasteiger partial charge >= 0.3 is 0 Å². The predicted molar refractivity (Wildman–Crippen MR) is 93.2 cm³/mol. The van der Waals surface area contributed by atoms with Crippen molar-refractivity contribution in [2.45, 2.75) is 30.1 Å². The summed E-state index contributed by atoms with van der Waals surface area (Å²) in [5.41, 5.74) is 0.603. The molecule has 25 heavy (non-hydrogen) atoms. The highest BCUT2D eigenvalue weighted by atomic mass is 32.2. The number of piperidine rings is 1. The molecule has 0 unspecified atom stereocenters. The van der Waals surface area contributed by atoms with E-state index in [0.29, 0.717) is 24.6 Å². The number of rotatable bonds is 6. The lowest BCUT2D eigenvalue weighted by atomic mass is 9.96. The zero-order chi connectivity index (χ0) is 17.9. The van der Waals surface area contributed by atoms with Crippen molar-refractivity contribution >= 4 is 15.8 Å². The molecule has 0 aliphatic carbocycles. The van der Waals surface area contributed by atoms with Crippen molar-refractivity contribution in [1.82, 2.24) is 30.0 Å². The van der Waals surface area contributed by atoms with Crippen LogP contribution in [-0.2, 0) is 23.3 Å². The van der Waals surface area contributed by atoms with Crippen molar-refractivity contribution in [1.29, 1.82) is 0 Å². The molecule has 3 rings (SSSR count). The fourth-order valence-corrected chi connectivity index (χ4v) is 3.79. The number of aryl methyl sites for hydroxylation is 1. The van der Waals surface area contributed by atoms with Gasteiger partial charge in [0, 0.05) is 38.7 Å². The van der Waals surface area contributed by atoms with Crippen LogP contribution in [0, 0.1) is 0 Å². The number of anilines is 1.